The Hall–Kier alpha value is -3.79. The number of ether oxygens (including phenoxy) is 2. The Morgan fingerprint density at radius 1 is 1.25 bits per heavy atom. The summed E-state index contributed by atoms with van der Waals surface area (Å²) >= 11 is 0.930. The summed E-state index contributed by atoms with van der Waals surface area (Å²) in [4.78, 5) is 38.5. The molecule has 1 amide bonds. The first-order valence-corrected chi connectivity index (χ1v) is 16.2. The number of alkyl halides is 2. The monoisotopic (exact) mass is 650 g/mol. The number of thiol groups is 1. The second-order valence-electron chi connectivity index (χ2n) is 11.3. The molecular formula is C28H32F2N6O6S2. The second-order valence-corrected chi connectivity index (χ2v) is 13.2. The third-order valence-electron chi connectivity index (χ3n) is 8.25. The summed E-state index contributed by atoms with van der Waals surface area (Å²) in [5, 5.41) is 1.84. The van der Waals surface area contributed by atoms with Crippen LogP contribution in [0.1, 0.15) is 31.2 Å². The number of halogens is 2. The van der Waals surface area contributed by atoms with Crippen LogP contribution in [0.4, 0.5) is 24.7 Å². The summed E-state index contributed by atoms with van der Waals surface area (Å²) in [6.45, 7) is -0.0735. The number of pyridine rings is 1. The minimum Gasteiger partial charge on any atom is -0.496 e. The Morgan fingerprint density at radius 3 is 2.73 bits per heavy atom. The lowest BCUT2D eigenvalue weighted by molar-refractivity contribution is -0.154. The summed E-state index contributed by atoms with van der Waals surface area (Å²) in [5.74, 6) is -2.93. The number of likely N-dealkylation sites (tertiary alicyclic amines) is 1. The lowest BCUT2D eigenvalue weighted by Gasteiger charge is -2.28. The van der Waals surface area contributed by atoms with Gasteiger partial charge in [0.15, 0.2) is 5.13 Å². The summed E-state index contributed by atoms with van der Waals surface area (Å²) < 4.78 is 64.8. The number of aromatic nitrogens is 2. The number of amides is 1. The number of esters is 1. The van der Waals surface area contributed by atoms with Crippen molar-refractivity contribution in [1.29, 1.82) is 0 Å². The van der Waals surface area contributed by atoms with Gasteiger partial charge in [0, 0.05) is 37.5 Å². The number of nitrogens with two attached hydrogens (primary N) is 1. The van der Waals surface area contributed by atoms with Crippen LogP contribution in [-0.2, 0) is 31.6 Å². The van der Waals surface area contributed by atoms with Gasteiger partial charge in [0.2, 0.25) is 16.8 Å². The fourth-order valence-electron chi connectivity index (χ4n) is 5.71. The van der Waals surface area contributed by atoms with Gasteiger partial charge in [-0.15, -0.1) is 0 Å². The van der Waals surface area contributed by atoms with Crippen molar-refractivity contribution in [2.75, 3.05) is 48.3 Å². The fraction of sp³-hybridized carbons (Fsp3) is 0.500. The predicted octanol–water partition coefficient (Wildman–Crippen LogP) is 2.63. The molecule has 0 spiro atoms. The number of nitrogen functional groups attached to an aromatic ring is 1. The Morgan fingerprint density at radius 2 is 2.05 bits per heavy atom. The van der Waals surface area contributed by atoms with Gasteiger partial charge in [-0.1, -0.05) is 11.3 Å². The van der Waals surface area contributed by atoms with Crippen molar-refractivity contribution >= 4 is 60.8 Å². The van der Waals surface area contributed by atoms with Crippen molar-refractivity contribution in [2.24, 2.45) is 5.92 Å². The first kappa shape index (κ1) is 30.2. The van der Waals surface area contributed by atoms with Crippen LogP contribution in [0.25, 0.3) is 10.8 Å². The van der Waals surface area contributed by atoms with Crippen LogP contribution in [0, 0.1) is 5.92 Å². The highest BCUT2D eigenvalue weighted by Crippen LogP contribution is 2.38. The maximum absolute atomic E-state index is 13.9. The molecule has 3 fully saturated rings. The zero-order chi connectivity index (χ0) is 31.2. The molecule has 4 heterocycles. The standard InChI is InChI=1S/C28H32F2N6O6S2/c1-41-22-12-19-17(4-7-32-24(19)31)10-18(22)11-21(26(38)42-14-16-2-3-16)35-8-5-20(25(35)37)36(44(39)40)23-13-33-27(43-23)34-9-6-28(29,30)15-34/h4,7,10,12-13,16,20-21,44H,2-3,5-6,8-9,11,14-15H2,1H3,(H2,31,32)/t20-,21+/m0/s1. The molecule has 2 aliphatic heterocycles. The van der Waals surface area contributed by atoms with Crippen LogP contribution < -0.4 is 19.7 Å². The van der Waals surface area contributed by atoms with Crippen LogP contribution >= 0.6 is 11.3 Å². The van der Waals surface area contributed by atoms with E-state index >= 15 is 0 Å². The zero-order valence-corrected chi connectivity index (χ0v) is 25.6. The van der Waals surface area contributed by atoms with E-state index in [0.29, 0.717) is 28.4 Å². The predicted molar refractivity (Wildman–Crippen MR) is 161 cm³/mol. The molecule has 236 valence electrons. The lowest BCUT2D eigenvalue weighted by Crippen LogP contribution is -2.48. The van der Waals surface area contributed by atoms with E-state index < -0.39 is 47.3 Å². The molecule has 16 heteroatoms. The van der Waals surface area contributed by atoms with Gasteiger partial charge in [-0.25, -0.2) is 36.3 Å². The minimum atomic E-state index is -3.30. The quantitative estimate of drug-likeness (QED) is 0.234. The van der Waals surface area contributed by atoms with E-state index in [-0.39, 0.29) is 49.1 Å². The molecular weight excluding hydrogens is 618 g/mol. The molecule has 0 bridgehead atoms. The maximum Gasteiger partial charge on any atom is 0.329 e. The van der Waals surface area contributed by atoms with Crippen molar-refractivity contribution < 1.29 is 36.3 Å². The van der Waals surface area contributed by atoms with Crippen molar-refractivity contribution in [3.63, 3.8) is 0 Å². The smallest absolute Gasteiger partial charge is 0.329 e. The number of benzene rings is 1. The van der Waals surface area contributed by atoms with E-state index in [1.165, 1.54) is 23.1 Å². The Balaban J connectivity index is 1.27. The number of anilines is 3. The number of hydrogen-bond acceptors (Lipinski definition) is 11. The number of nitrogens with zero attached hydrogens (tertiary/aromatic N) is 5. The lowest BCUT2D eigenvalue weighted by atomic mass is 10.00. The summed E-state index contributed by atoms with van der Waals surface area (Å²) in [5.41, 5.74) is 6.68. The third kappa shape index (κ3) is 6.09. The van der Waals surface area contributed by atoms with E-state index in [9.17, 15) is 26.8 Å². The number of methoxy groups -OCH3 is 1. The van der Waals surface area contributed by atoms with Gasteiger partial charge in [-0.05, 0) is 54.3 Å². The average molecular weight is 651 g/mol. The van der Waals surface area contributed by atoms with Crippen molar-refractivity contribution in [2.45, 2.75) is 50.1 Å². The van der Waals surface area contributed by atoms with E-state index in [1.807, 2.05) is 6.07 Å². The molecule has 2 N–H and O–H groups in total. The molecule has 2 saturated heterocycles. The van der Waals surface area contributed by atoms with Crippen molar-refractivity contribution in [1.82, 2.24) is 14.9 Å². The van der Waals surface area contributed by atoms with Crippen molar-refractivity contribution in [3.8, 4) is 5.75 Å². The topological polar surface area (TPSA) is 148 Å². The summed E-state index contributed by atoms with van der Waals surface area (Å²) in [6.07, 6.45) is 4.63. The number of hydrogen-bond donors (Lipinski definition) is 2. The highest BCUT2D eigenvalue weighted by atomic mass is 32.2. The van der Waals surface area contributed by atoms with Gasteiger partial charge in [-0.3, -0.25) is 4.79 Å². The van der Waals surface area contributed by atoms with Crippen LogP contribution in [0.5, 0.6) is 5.75 Å². The normalized spacial score (nSPS) is 20.5. The van der Waals surface area contributed by atoms with E-state index in [1.54, 1.807) is 18.3 Å². The molecule has 1 aromatic carbocycles. The van der Waals surface area contributed by atoms with Gasteiger partial charge in [-0.2, -0.15) is 0 Å². The van der Waals surface area contributed by atoms with Crippen LogP contribution in [0.2, 0.25) is 0 Å². The Bertz CT molecular complexity index is 1660. The molecule has 1 aliphatic carbocycles. The molecule has 44 heavy (non-hydrogen) atoms. The number of carbonyl (C=O) groups is 2. The van der Waals surface area contributed by atoms with Gasteiger partial charge in [0.1, 0.15) is 28.7 Å². The van der Waals surface area contributed by atoms with Gasteiger partial charge in [0.25, 0.3) is 5.92 Å². The highest BCUT2D eigenvalue weighted by Gasteiger charge is 2.45. The summed E-state index contributed by atoms with van der Waals surface area (Å²) in [7, 11) is -1.81. The maximum atomic E-state index is 13.9. The Kier molecular flexibility index (Phi) is 8.22. The number of rotatable bonds is 11. The third-order valence-corrected chi connectivity index (χ3v) is 10.3. The van der Waals surface area contributed by atoms with Crippen LogP contribution in [0.3, 0.4) is 0 Å². The summed E-state index contributed by atoms with van der Waals surface area (Å²) in [6, 6.07) is 3.16. The van der Waals surface area contributed by atoms with Crippen LogP contribution in [-0.4, -0.2) is 86.5 Å². The first-order valence-electron chi connectivity index (χ1n) is 14.2. The molecule has 0 radical (unpaired) electrons. The molecule has 3 aromatic rings. The molecule has 2 atom stereocenters. The zero-order valence-electron chi connectivity index (χ0n) is 23.9. The second kappa shape index (κ2) is 12.0. The first-order chi connectivity index (χ1) is 21.0. The van der Waals surface area contributed by atoms with Crippen LogP contribution in [0.15, 0.2) is 30.6 Å². The van der Waals surface area contributed by atoms with Gasteiger partial charge < -0.3 is 25.0 Å². The molecule has 0 unspecified atom stereocenters. The van der Waals surface area contributed by atoms with E-state index in [4.69, 9.17) is 15.2 Å². The van der Waals surface area contributed by atoms with Gasteiger partial charge in [0.05, 0.1) is 26.5 Å². The molecule has 1 saturated carbocycles. The Labute approximate surface area is 257 Å². The van der Waals surface area contributed by atoms with E-state index in [2.05, 4.69) is 9.97 Å². The van der Waals surface area contributed by atoms with Gasteiger partial charge >= 0.3 is 5.97 Å². The fourth-order valence-corrected chi connectivity index (χ4v) is 7.59. The largest absolute Gasteiger partial charge is 0.496 e. The number of thiazole rings is 1. The molecule has 6 rings (SSSR count). The molecule has 3 aliphatic rings. The number of carbonyl (C=O) groups excluding carboxylic acids is 2. The SMILES string of the molecule is COc1cc2c(N)nccc2cc1C[C@H](C(=O)OCC1CC1)N1CC[C@H](N(c2cnc(N3CCC(F)(F)C3)s2)[SH](=O)=O)C1=O. The number of fused-ring (bicyclic) bond motifs is 1. The molecule has 2 aromatic heterocycles. The minimum absolute atomic E-state index is 0.0562. The molecule has 12 nitrogen and oxygen atoms in total. The van der Waals surface area contributed by atoms with E-state index in [0.717, 1.165) is 33.9 Å². The average Bonchev–Trinajstić information content (AvgIpc) is 3.38. The van der Waals surface area contributed by atoms with Crippen molar-refractivity contribution in [3.05, 3.63) is 36.2 Å². The highest BCUT2D eigenvalue weighted by molar-refractivity contribution is 7.74.